The van der Waals surface area contributed by atoms with Crippen molar-refractivity contribution in [2.24, 2.45) is 5.16 Å². The molecule has 2 aromatic carbocycles. The molecule has 11 nitrogen and oxygen atoms in total. The van der Waals surface area contributed by atoms with E-state index < -0.39 is 24.3 Å². The van der Waals surface area contributed by atoms with E-state index in [4.69, 9.17) is 40.7 Å². The van der Waals surface area contributed by atoms with Crippen molar-refractivity contribution in [2.45, 2.75) is 19.4 Å². The molecule has 0 aromatic heterocycles. The number of halogens is 1. The van der Waals surface area contributed by atoms with Gasteiger partial charge < -0.3 is 34.2 Å². The van der Waals surface area contributed by atoms with Gasteiger partial charge in [0.15, 0.2) is 17.3 Å². The molecule has 0 saturated carbocycles. The summed E-state index contributed by atoms with van der Waals surface area (Å²) in [5.41, 5.74) is 2.10. The topological polar surface area (TPSA) is 137 Å². The number of carbonyl (C=O) groups excluding carboxylic acids is 1. The normalized spacial score (nSPS) is 12.1. The van der Waals surface area contributed by atoms with E-state index in [0.717, 1.165) is 0 Å². The molecule has 2 aromatic rings. The Hall–Kier alpha value is -3.96. The fraction of sp³-hybridized carbons (Fsp3) is 0.292. The van der Waals surface area contributed by atoms with Gasteiger partial charge >= 0.3 is 5.97 Å². The van der Waals surface area contributed by atoms with Crippen LogP contribution in [0.5, 0.6) is 23.0 Å². The average molecular weight is 522 g/mol. The number of aliphatic carboxylic acids is 1. The quantitative estimate of drug-likeness (QED) is 0.118. The summed E-state index contributed by atoms with van der Waals surface area (Å²) in [5, 5.41) is 15.2. The Labute approximate surface area is 213 Å². The van der Waals surface area contributed by atoms with Gasteiger partial charge in [-0.25, -0.2) is 4.84 Å². The molecule has 0 saturated heterocycles. The SMILES string of the molecule is C=NO/C(=C(\C)c1ccc(OC)c(NC(=O)C(CC(=O)O)NCl)c1)c1cc(OC)c(OC)c(OC)c1. The molecule has 0 radical (unpaired) electrons. The predicted octanol–water partition coefficient (Wildman–Crippen LogP) is 3.77. The van der Waals surface area contributed by atoms with Gasteiger partial charge in [-0.1, -0.05) is 11.2 Å². The Balaban J connectivity index is 2.60. The fourth-order valence-corrected chi connectivity index (χ4v) is 3.54. The first kappa shape index (κ1) is 28.3. The zero-order valence-electron chi connectivity index (χ0n) is 20.5. The first-order valence-corrected chi connectivity index (χ1v) is 10.8. The molecule has 36 heavy (non-hydrogen) atoms. The van der Waals surface area contributed by atoms with Crippen LogP contribution in [0.3, 0.4) is 0 Å². The van der Waals surface area contributed by atoms with Crippen LogP contribution >= 0.6 is 11.8 Å². The molecule has 1 atom stereocenters. The lowest BCUT2D eigenvalue weighted by Gasteiger charge is -2.18. The number of rotatable bonds is 13. The molecule has 1 amide bonds. The van der Waals surface area contributed by atoms with Gasteiger partial charge in [-0.3, -0.25) is 9.59 Å². The average Bonchev–Trinajstić information content (AvgIpc) is 2.88. The molecule has 194 valence electrons. The number of carbonyl (C=O) groups is 2. The van der Waals surface area contributed by atoms with E-state index in [1.54, 1.807) is 37.3 Å². The molecular weight excluding hydrogens is 494 g/mol. The molecule has 0 aliphatic heterocycles. The van der Waals surface area contributed by atoms with Crippen LogP contribution in [0, 0.1) is 0 Å². The number of hydrogen-bond acceptors (Lipinski definition) is 9. The van der Waals surface area contributed by atoms with E-state index in [0.29, 0.717) is 45.5 Å². The highest BCUT2D eigenvalue weighted by molar-refractivity contribution is 6.16. The third-order valence-electron chi connectivity index (χ3n) is 5.14. The van der Waals surface area contributed by atoms with Crippen LogP contribution in [0.4, 0.5) is 5.69 Å². The molecule has 12 heteroatoms. The molecule has 0 aliphatic carbocycles. The van der Waals surface area contributed by atoms with Crippen molar-refractivity contribution in [1.29, 1.82) is 0 Å². The van der Waals surface area contributed by atoms with Crippen LogP contribution in [0.2, 0.25) is 0 Å². The number of carboxylic acid groups (broad SMARTS) is 1. The number of anilines is 1. The van der Waals surface area contributed by atoms with Crippen molar-refractivity contribution in [2.75, 3.05) is 33.8 Å². The Bertz CT molecular complexity index is 1130. The molecular formula is C24H28ClN3O8. The standard InChI is InChI=1S/C24H28ClN3O8/c1-13(22(36-26-2)15-10-19(33-4)23(35-6)20(11-15)34-5)14-7-8-18(32-3)16(9-14)27-24(31)17(28-25)12-21(29)30/h7-11,17,28H,2,12H2,1,3-6H3,(H,27,31)(H,29,30)/b22-13+. The maximum atomic E-state index is 12.6. The van der Waals surface area contributed by atoms with Crippen molar-refractivity contribution >= 4 is 47.4 Å². The zero-order chi connectivity index (χ0) is 26.8. The minimum absolute atomic E-state index is 0.289. The predicted molar refractivity (Wildman–Crippen MR) is 136 cm³/mol. The highest BCUT2D eigenvalue weighted by Gasteiger charge is 2.23. The number of nitrogens with zero attached hydrogens (tertiary/aromatic N) is 1. The van der Waals surface area contributed by atoms with Crippen LogP contribution < -0.4 is 29.1 Å². The number of ether oxygens (including phenoxy) is 4. The summed E-state index contributed by atoms with van der Waals surface area (Å²) < 4.78 is 21.6. The molecule has 2 rings (SSSR count). The molecule has 0 heterocycles. The second-order valence-corrected chi connectivity index (χ2v) is 7.47. The molecule has 1 unspecified atom stereocenters. The van der Waals surface area contributed by atoms with Crippen molar-refractivity contribution in [3.05, 3.63) is 41.5 Å². The largest absolute Gasteiger partial charge is 0.495 e. The van der Waals surface area contributed by atoms with Crippen LogP contribution in [0.15, 0.2) is 35.5 Å². The molecule has 0 aliphatic rings. The number of oxime groups is 1. The first-order chi connectivity index (χ1) is 17.2. The van der Waals surface area contributed by atoms with E-state index in [-0.39, 0.29) is 5.69 Å². The van der Waals surface area contributed by atoms with E-state index in [9.17, 15) is 9.59 Å². The summed E-state index contributed by atoms with van der Waals surface area (Å²) in [6.07, 6.45) is -0.513. The van der Waals surface area contributed by atoms with Gasteiger partial charge in [-0.2, -0.15) is 0 Å². The van der Waals surface area contributed by atoms with Crippen LogP contribution in [-0.4, -0.2) is 58.2 Å². The number of hydrogen-bond donors (Lipinski definition) is 3. The second-order valence-electron chi connectivity index (χ2n) is 7.25. The van der Waals surface area contributed by atoms with E-state index in [1.165, 1.54) is 28.4 Å². The maximum Gasteiger partial charge on any atom is 0.305 e. The summed E-state index contributed by atoms with van der Waals surface area (Å²) in [7, 11) is 5.93. The number of benzene rings is 2. The van der Waals surface area contributed by atoms with E-state index in [2.05, 4.69) is 22.0 Å². The molecule has 0 spiro atoms. The van der Waals surface area contributed by atoms with Crippen LogP contribution in [-0.2, 0) is 14.4 Å². The Morgan fingerprint density at radius 3 is 2.08 bits per heavy atom. The van der Waals surface area contributed by atoms with Gasteiger partial charge in [0.05, 0.1) is 40.5 Å². The van der Waals surface area contributed by atoms with Gasteiger partial charge in [-0.05, 0) is 48.5 Å². The molecule has 3 N–H and O–H groups in total. The van der Waals surface area contributed by atoms with Crippen molar-refractivity contribution in [3.8, 4) is 23.0 Å². The van der Waals surface area contributed by atoms with E-state index in [1.807, 2.05) is 0 Å². The number of amides is 1. The van der Waals surface area contributed by atoms with Gasteiger partial charge in [0.2, 0.25) is 11.7 Å². The Morgan fingerprint density at radius 1 is 1.00 bits per heavy atom. The lowest BCUT2D eigenvalue weighted by Crippen LogP contribution is -2.37. The summed E-state index contributed by atoms with van der Waals surface area (Å²) >= 11 is 5.57. The molecule has 0 fully saturated rings. The van der Waals surface area contributed by atoms with Gasteiger partial charge in [0.1, 0.15) is 11.8 Å². The third-order valence-corrected chi connectivity index (χ3v) is 5.40. The number of allylic oxidation sites excluding steroid dienone is 1. The van der Waals surface area contributed by atoms with Crippen LogP contribution in [0.1, 0.15) is 24.5 Å². The van der Waals surface area contributed by atoms with Crippen molar-refractivity contribution in [3.63, 3.8) is 0 Å². The zero-order valence-corrected chi connectivity index (χ0v) is 21.3. The minimum Gasteiger partial charge on any atom is -0.495 e. The lowest BCUT2D eigenvalue weighted by molar-refractivity contribution is -0.139. The first-order valence-electron chi connectivity index (χ1n) is 10.5. The van der Waals surface area contributed by atoms with Crippen LogP contribution in [0.25, 0.3) is 11.3 Å². The summed E-state index contributed by atoms with van der Waals surface area (Å²) in [6.45, 7) is 5.20. The number of carboxylic acids is 1. The minimum atomic E-state index is -1.19. The third kappa shape index (κ3) is 6.58. The second kappa shape index (κ2) is 13.2. The summed E-state index contributed by atoms with van der Waals surface area (Å²) in [6, 6.07) is 7.26. The lowest BCUT2D eigenvalue weighted by atomic mass is 10.0. The van der Waals surface area contributed by atoms with Crippen molar-refractivity contribution < 1.29 is 38.5 Å². The monoisotopic (exact) mass is 521 g/mol. The number of nitrogens with one attached hydrogen (secondary N) is 2. The van der Waals surface area contributed by atoms with Gasteiger partial charge in [-0.15, -0.1) is 0 Å². The summed E-state index contributed by atoms with van der Waals surface area (Å²) in [5.74, 6) is 0.0605. The highest BCUT2D eigenvalue weighted by Crippen LogP contribution is 2.42. The molecule has 0 bridgehead atoms. The van der Waals surface area contributed by atoms with Crippen molar-refractivity contribution in [1.82, 2.24) is 4.84 Å². The Kier molecular flexibility index (Phi) is 10.4. The smallest absolute Gasteiger partial charge is 0.305 e. The maximum absolute atomic E-state index is 12.6. The summed E-state index contributed by atoms with van der Waals surface area (Å²) in [4.78, 5) is 31.3. The van der Waals surface area contributed by atoms with Gasteiger partial charge in [0.25, 0.3) is 0 Å². The number of methoxy groups -OCH3 is 4. The van der Waals surface area contributed by atoms with E-state index >= 15 is 0 Å². The Morgan fingerprint density at radius 2 is 1.61 bits per heavy atom. The highest BCUT2D eigenvalue weighted by atomic mass is 35.5. The van der Waals surface area contributed by atoms with Gasteiger partial charge in [0, 0.05) is 17.9 Å². The fourth-order valence-electron chi connectivity index (χ4n) is 3.36.